The lowest BCUT2D eigenvalue weighted by atomic mass is 10.0. The summed E-state index contributed by atoms with van der Waals surface area (Å²) in [7, 11) is -4.40. The number of nitrogens with two attached hydrogens (primary N) is 1. The van der Waals surface area contributed by atoms with Gasteiger partial charge in [-0.3, -0.25) is 18.6 Å². The second-order valence-corrected chi connectivity index (χ2v) is 20.6. The summed E-state index contributed by atoms with van der Waals surface area (Å²) < 4.78 is 32.9. The Morgan fingerprint density at radius 1 is 0.437 bits per heavy atom. The largest absolute Gasteiger partial charge is 0.472 e. The van der Waals surface area contributed by atoms with Crippen molar-refractivity contribution in [3.8, 4) is 0 Å². The smallest absolute Gasteiger partial charge is 0.462 e. The molecule has 0 aliphatic heterocycles. The van der Waals surface area contributed by atoms with E-state index >= 15 is 0 Å². The zero-order chi connectivity index (χ0) is 51.7. The molecular formula is C61H108NO8P. The summed E-state index contributed by atoms with van der Waals surface area (Å²) in [5.74, 6) is -0.893. The summed E-state index contributed by atoms with van der Waals surface area (Å²) in [6.45, 7) is 3.56. The number of rotatable bonds is 54. The van der Waals surface area contributed by atoms with Gasteiger partial charge in [0.05, 0.1) is 13.2 Å². The molecule has 0 aromatic heterocycles. The summed E-state index contributed by atoms with van der Waals surface area (Å²) in [4.78, 5) is 35.1. The van der Waals surface area contributed by atoms with E-state index in [1.165, 1.54) is 161 Å². The molecule has 0 rings (SSSR count). The summed E-state index contributed by atoms with van der Waals surface area (Å²) >= 11 is 0. The van der Waals surface area contributed by atoms with E-state index in [-0.39, 0.29) is 32.6 Å². The Morgan fingerprint density at radius 3 is 1.20 bits per heavy atom. The Bertz CT molecular complexity index is 1440. The van der Waals surface area contributed by atoms with Gasteiger partial charge in [0.15, 0.2) is 6.10 Å². The topological polar surface area (TPSA) is 134 Å². The van der Waals surface area contributed by atoms with Crippen molar-refractivity contribution in [2.45, 2.75) is 264 Å². The fraction of sp³-hybridized carbons (Fsp3) is 0.738. The fourth-order valence-electron chi connectivity index (χ4n) is 8.00. The van der Waals surface area contributed by atoms with Crippen LogP contribution in [0.1, 0.15) is 258 Å². The highest BCUT2D eigenvalue weighted by Gasteiger charge is 2.26. The van der Waals surface area contributed by atoms with Crippen molar-refractivity contribution in [2.24, 2.45) is 5.73 Å². The average molecular weight is 1010 g/mol. The number of esters is 2. The number of hydrogen-bond donors (Lipinski definition) is 2. The van der Waals surface area contributed by atoms with Gasteiger partial charge in [0.2, 0.25) is 0 Å². The van der Waals surface area contributed by atoms with Crippen LogP contribution in [0.25, 0.3) is 0 Å². The number of allylic oxidation sites excluding steroid dienone is 14. The molecule has 0 aliphatic carbocycles. The van der Waals surface area contributed by atoms with Crippen LogP contribution in [0.3, 0.4) is 0 Å². The minimum atomic E-state index is -4.40. The van der Waals surface area contributed by atoms with Crippen LogP contribution in [-0.4, -0.2) is 49.3 Å². The Kier molecular flexibility index (Phi) is 54.2. The van der Waals surface area contributed by atoms with Crippen molar-refractivity contribution in [2.75, 3.05) is 26.4 Å². The van der Waals surface area contributed by atoms with E-state index in [0.717, 1.165) is 57.8 Å². The third-order valence-corrected chi connectivity index (χ3v) is 13.2. The zero-order valence-electron chi connectivity index (χ0n) is 45.7. The van der Waals surface area contributed by atoms with Crippen molar-refractivity contribution >= 4 is 19.8 Å². The summed E-state index contributed by atoms with van der Waals surface area (Å²) in [5, 5.41) is 0. The average Bonchev–Trinajstić information content (AvgIpc) is 3.36. The first-order valence-electron chi connectivity index (χ1n) is 29.1. The molecule has 0 saturated heterocycles. The van der Waals surface area contributed by atoms with E-state index in [1.807, 2.05) is 6.08 Å². The first-order valence-corrected chi connectivity index (χ1v) is 30.6. The van der Waals surface area contributed by atoms with Gasteiger partial charge in [0.25, 0.3) is 0 Å². The Balaban J connectivity index is 3.91. The van der Waals surface area contributed by atoms with E-state index in [4.69, 9.17) is 24.3 Å². The van der Waals surface area contributed by atoms with Gasteiger partial charge in [0.1, 0.15) is 6.61 Å². The lowest BCUT2D eigenvalue weighted by Gasteiger charge is -2.19. The third-order valence-electron chi connectivity index (χ3n) is 12.3. The van der Waals surface area contributed by atoms with Crippen molar-refractivity contribution in [1.29, 1.82) is 0 Å². The first kappa shape index (κ1) is 68.2. The molecule has 0 bridgehead atoms. The molecule has 3 N–H and O–H groups in total. The summed E-state index contributed by atoms with van der Waals surface area (Å²) in [6, 6.07) is 0. The lowest BCUT2D eigenvalue weighted by Crippen LogP contribution is -2.29. The molecule has 0 fully saturated rings. The normalized spacial score (nSPS) is 13.7. The van der Waals surface area contributed by atoms with Gasteiger partial charge in [-0.2, -0.15) is 0 Å². The number of carbonyl (C=O) groups is 2. The lowest BCUT2D eigenvalue weighted by molar-refractivity contribution is -0.161. The molecule has 2 atom stereocenters. The van der Waals surface area contributed by atoms with Crippen LogP contribution in [0.2, 0.25) is 0 Å². The second kappa shape index (κ2) is 56.5. The van der Waals surface area contributed by atoms with Crippen molar-refractivity contribution < 1.29 is 37.6 Å². The number of carbonyl (C=O) groups excluding carboxylic acids is 2. The summed E-state index contributed by atoms with van der Waals surface area (Å²) in [5.41, 5.74) is 5.37. The molecule has 9 nitrogen and oxygen atoms in total. The standard InChI is InChI=1S/C61H108NO8P/c1-3-5-7-9-11-13-15-17-19-21-22-23-24-25-26-27-28-29-30-31-32-33-34-35-36-38-39-41-43-45-47-49-51-53-60(63)67-57-59(58-69-71(65,66)68-56-55-62)70-61(64)54-52-50-48-46-44-42-40-37-20-18-16-14-12-10-8-6-4-2/h6,8,12,14-15,17-18,20-22,40,42,46,48,59H,3-5,7,9-11,13,16,19,23-39,41,43-45,47,49-58,62H2,1-2H3,(H,65,66)/b8-6-,14-12-,17-15-,20-18-,22-21-,42-40-,48-46-. The van der Waals surface area contributed by atoms with E-state index in [2.05, 4.69) is 92.8 Å². The van der Waals surface area contributed by atoms with Crippen molar-refractivity contribution in [3.63, 3.8) is 0 Å². The number of hydrogen-bond acceptors (Lipinski definition) is 8. The first-order chi connectivity index (χ1) is 34.8. The predicted molar refractivity (Wildman–Crippen MR) is 302 cm³/mol. The molecule has 71 heavy (non-hydrogen) atoms. The van der Waals surface area contributed by atoms with E-state index in [1.54, 1.807) is 0 Å². The Hall–Kier alpha value is -2.81. The van der Waals surface area contributed by atoms with Gasteiger partial charge < -0.3 is 20.1 Å². The molecule has 0 aliphatic rings. The Labute approximate surface area is 436 Å². The Morgan fingerprint density at radius 2 is 0.789 bits per heavy atom. The van der Waals surface area contributed by atoms with Gasteiger partial charge in [-0.05, 0) is 83.5 Å². The van der Waals surface area contributed by atoms with Gasteiger partial charge in [-0.25, -0.2) is 4.57 Å². The maximum Gasteiger partial charge on any atom is 0.472 e. The molecule has 410 valence electrons. The van der Waals surface area contributed by atoms with Crippen LogP contribution in [0.4, 0.5) is 0 Å². The van der Waals surface area contributed by atoms with E-state index in [0.29, 0.717) is 12.8 Å². The molecular weight excluding hydrogens is 906 g/mol. The van der Waals surface area contributed by atoms with Crippen LogP contribution in [0.5, 0.6) is 0 Å². The van der Waals surface area contributed by atoms with E-state index in [9.17, 15) is 19.0 Å². The van der Waals surface area contributed by atoms with Crippen molar-refractivity contribution in [1.82, 2.24) is 0 Å². The van der Waals surface area contributed by atoms with E-state index < -0.39 is 32.5 Å². The molecule has 0 saturated carbocycles. The molecule has 2 unspecified atom stereocenters. The minimum Gasteiger partial charge on any atom is -0.462 e. The third kappa shape index (κ3) is 56.3. The van der Waals surface area contributed by atoms with Crippen LogP contribution in [0, 0.1) is 0 Å². The molecule has 0 radical (unpaired) electrons. The molecule has 0 aromatic rings. The van der Waals surface area contributed by atoms with Gasteiger partial charge >= 0.3 is 19.8 Å². The van der Waals surface area contributed by atoms with Gasteiger partial charge in [-0.1, -0.05) is 247 Å². The predicted octanol–water partition coefficient (Wildman–Crippen LogP) is 18.3. The molecule has 0 aromatic carbocycles. The molecule has 10 heteroatoms. The molecule has 0 amide bonds. The number of phosphoric acid groups is 1. The van der Waals surface area contributed by atoms with Crippen LogP contribution >= 0.6 is 7.82 Å². The fourth-order valence-corrected chi connectivity index (χ4v) is 8.76. The molecule has 0 heterocycles. The van der Waals surface area contributed by atoms with Gasteiger partial charge in [0, 0.05) is 19.4 Å². The maximum absolute atomic E-state index is 12.6. The SMILES string of the molecule is CC/C=C\C/C=C\C/C=C\C/C=C\C/C=C\CCCC(=O)OC(COC(=O)CCCCCCCCCCCCCCCCCCCCCCC/C=C\C/C=C\CCCCCCC)COP(=O)(O)OCCN. The van der Waals surface area contributed by atoms with Crippen LogP contribution < -0.4 is 5.73 Å². The maximum atomic E-state index is 12.6. The highest BCUT2D eigenvalue weighted by Crippen LogP contribution is 2.43. The monoisotopic (exact) mass is 1010 g/mol. The highest BCUT2D eigenvalue weighted by atomic mass is 31.2. The second-order valence-electron chi connectivity index (χ2n) is 19.1. The number of ether oxygens (including phenoxy) is 2. The molecule has 0 spiro atoms. The zero-order valence-corrected chi connectivity index (χ0v) is 46.6. The quantitative estimate of drug-likeness (QED) is 0.0264. The number of phosphoric ester groups is 1. The minimum absolute atomic E-state index is 0.0417. The number of unbranched alkanes of at least 4 members (excludes halogenated alkanes) is 27. The summed E-state index contributed by atoms with van der Waals surface area (Å²) in [6.07, 6.45) is 73.8. The highest BCUT2D eigenvalue weighted by molar-refractivity contribution is 7.47. The van der Waals surface area contributed by atoms with Crippen LogP contribution in [0.15, 0.2) is 85.1 Å². The van der Waals surface area contributed by atoms with Crippen LogP contribution in [-0.2, 0) is 32.7 Å². The van der Waals surface area contributed by atoms with Crippen molar-refractivity contribution in [3.05, 3.63) is 85.1 Å². The van der Waals surface area contributed by atoms with Gasteiger partial charge in [-0.15, -0.1) is 0 Å².